The summed E-state index contributed by atoms with van der Waals surface area (Å²) >= 11 is 5.76. The molecule has 3 aromatic rings. The third-order valence-electron chi connectivity index (χ3n) is 3.61. The Labute approximate surface area is 149 Å². The highest BCUT2D eigenvalue weighted by Crippen LogP contribution is 2.15. The summed E-state index contributed by atoms with van der Waals surface area (Å²) in [5.41, 5.74) is 2.73. The van der Waals surface area contributed by atoms with Crippen LogP contribution < -0.4 is 10.6 Å². The van der Waals surface area contributed by atoms with Gasteiger partial charge in [-0.2, -0.15) is 5.10 Å². The minimum absolute atomic E-state index is 0.0848. The third-order valence-corrected chi connectivity index (χ3v) is 3.79. The number of aromatic nitrogens is 4. The average molecular weight is 357 g/mol. The molecular formula is C17H17ClN6O. The van der Waals surface area contributed by atoms with Gasteiger partial charge in [0.05, 0.1) is 0 Å². The van der Waals surface area contributed by atoms with E-state index in [1.807, 2.05) is 24.3 Å². The van der Waals surface area contributed by atoms with E-state index < -0.39 is 0 Å². The molecule has 0 aliphatic carbocycles. The number of anilines is 2. The molecule has 2 aromatic heterocycles. The monoisotopic (exact) mass is 356 g/mol. The molecule has 0 fully saturated rings. The number of carbonyl (C=O) groups excluding carboxylic acids is 1. The number of hydrogen-bond acceptors (Lipinski definition) is 5. The Kier molecular flexibility index (Phi) is 5.25. The molecule has 1 amide bonds. The van der Waals surface area contributed by atoms with Crippen molar-refractivity contribution in [2.24, 2.45) is 0 Å². The van der Waals surface area contributed by atoms with E-state index in [0.717, 1.165) is 24.1 Å². The molecular weight excluding hydrogens is 340 g/mol. The van der Waals surface area contributed by atoms with Crippen LogP contribution in [0.1, 0.15) is 21.6 Å². The summed E-state index contributed by atoms with van der Waals surface area (Å²) < 4.78 is 0. The van der Waals surface area contributed by atoms with Gasteiger partial charge in [0, 0.05) is 30.6 Å². The van der Waals surface area contributed by atoms with E-state index in [1.54, 1.807) is 25.4 Å². The number of nitrogens with zero attached hydrogens (tertiary/aromatic N) is 3. The Morgan fingerprint density at radius 3 is 2.88 bits per heavy atom. The predicted molar refractivity (Wildman–Crippen MR) is 96.2 cm³/mol. The quantitative estimate of drug-likeness (QED) is 0.590. The standard InChI is InChI=1S/C17H17ClN6O/c1-19-16(25)12-4-2-3-11(9-12)5-6-13-10-15(24-23-13)21-14-7-8-20-17(18)22-14/h2-4,7-10H,5-6H2,1H3,(H,19,25)(H2,20,21,22,23,24). The fraction of sp³-hybridized carbons (Fsp3) is 0.176. The van der Waals surface area contributed by atoms with Gasteiger partial charge in [0.15, 0.2) is 5.82 Å². The summed E-state index contributed by atoms with van der Waals surface area (Å²) in [6.45, 7) is 0. The third kappa shape index (κ3) is 4.54. The molecule has 3 N–H and O–H groups in total. The summed E-state index contributed by atoms with van der Waals surface area (Å²) in [7, 11) is 1.62. The van der Waals surface area contributed by atoms with Gasteiger partial charge in [-0.1, -0.05) is 12.1 Å². The van der Waals surface area contributed by atoms with Crippen LogP contribution >= 0.6 is 11.6 Å². The number of H-pyrrole nitrogens is 1. The van der Waals surface area contributed by atoms with Gasteiger partial charge < -0.3 is 10.6 Å². The summed E-state index contributed by atoms with van der Waals surface area (Å²) in [5.74, 6) is 1.15. The molecule has 0 aliphatic heterocycles. The largest absolute Gasteiger partial charge is 0.355 e. The van der Waals surface area contributed by atoms with E-state index in [1.165, 1.54) is 0 Å². The molecule has 0 spiro atoms. The molecule has 8 heteroatoms. The van der Waals surface area contributed by atoms with Crippen LogP contribution in [-0.4, -0.2) is 33.1 Å². The van der Waals surface area contributed by atoms with Crippen LogP contribution in [0.2, 0.25) is 5.28 Å². The maximum Gasteiger partial charge on any atom is 0.251 e. The Morgan fingerprint density at radius 1 is 1.20 bits per heavy atom. The van der Waals surface area contributed by atoms with Gasteiger partial charge in [0.25, 0.3) is 5.91 Å². The number of amides is 1. The molecule has 25 heavy (non-hydrogen) atoms. The van der Waals surface area contributed by atoms with Crippen molar-refractivity contribution < 1.29 is 4.79 Å². The van der Waals surface area contributed by atoms with Gasteiger partial charge in [-0.15, -0.1) is 0 Å². The second kappa shape index (κ2) is 7.76. The molecule has 1 aromatic carbocycles. The average Bonchev–Trinajstić information content (AvgIpc) is 3.07. The van der Waals surface area contributed by atoms with Crippen molar-refractivity contribution in [3.05, 3.63) is 64.7 Å². The zero-order valence-corrected chi connectivity index (χ0v) is 14.3. The molecule has 3 rings (SSSR count). The van der Waals surface area contributed by atoms with Crippen molar-refractivity contribution in [1.82, 2.24) is 25.5 Å². The normalized spacial score (nSPS) is 10.5. The van der Waals surface area contributed by atoms with Crippen LogP contribution in [0.4, 0.5) is 11.6 Å². The summed E-state index contributed by atoms with van der Waals surface area (Å²) in [4.78, 5) is 19.6. The first kappa shape index (κ1) is 16.9. The smallest absolute Gasteiger partial charge is 0.251 e. The van der Waals surface area contributed by atoms with Crippen molar-refractivity contribution in [2.75, 3.05) is 12.4 Å². The molecule has 0 unspecified atom stereocenters. The van der Waals surface area contributed by atoms with Crippen LogP contribution in [0.5, 0.6) is 0 Å². The van der Waals surface area contributed by atoms with Gasteiger partial charge in [-0.05, 0) is 48.2 Å². The number of halogens is 1. The Bertz CT molecular complexity index is 879. The molecule has 0 bridgehead atoms. The molecule has 0 radical (unpaired) electrons. The van der Waals surface area contributed by atoms with Crippen molar-refractivity contribution in [1.29, 1.82) is 0 Å². The molecule has 0 saturated carbocycles. The number of carbonyl (C=O) groups is 1. The zero-order valence-electron chi connectivity index (χ0n) is 13.6. The van der Waals surface area contributed by atoms with Gasteiger partial charge in [-0.3, -0.25) is 9.89 Å². The van der Waals surface area contributed by atoms with Crippen LogP contribution in [0.3, 0.4) is 0 Å². The molecule has 0 saturated heterocycles. The van der Waals surface area contributed by atoms with E-state index in [0.29, 0.717) is 17.2 Å². The SMILES string of the molecule is CNC(=O)c1cccc(CCc2cc(Nc3ccnc(Cl)n3)n[nH]2)c1. The van der Waals surface area contributed by atoms with E-state index in [-0.39, 0.29) is 11.2 Å². The topological polar surface area (TPSA) is 95.6 Å². The fourth-order valence-corrected chi connectivity index (χ4v) is 2.53. The number of aromatic amines is 1. The first-order valence-electron chi connectivity index (χ1n) is 7.75. The Balaban J connectivity index is 1.61. The second-order valence-electron chi connectivity index (χ2n) is 5.39. The number of hydrogen-bond donors (Lipinski definition) is 3. The fourth-order valence-electron chi connectivity index (χ4n) is 2.38. The molecule has 0 atom stereocenters. The van der Waals surface area contributed by atoms with Gasteiger partial charge >= 0.3 is 0 Å². The zero-order chi connectivity index (χ0) is 17.6. The van der Waals surface area contributed by atoms with Crippen molar-refractivity contribution >= 4 is 29.1 Å². The van der Waals surface area contributed by atoms with E-state index >= 15 is 0 Å². The minimum Gasteiger partial charge on any atom is -0.355 e. The lowest BCUT2D eigenvalue weighted by Crippen LogP contribution is -2.17. The van der Waals surface area contributed by atoms with Crippen LogP contribution in [0, 0.1) is 0 Å². The lowest BCUT2D eigenvalue weighted by molar-refractivity contribution is 0.0963. The molecule has 2 heterocycles. The van der Waals surface area contributed by atoms with Crippen molar-refractivity contribution in [2.45, 2.75) is 12.8 Å². The van der Waals surface area contributed by atoms with E-state index in [4.69, 9.17) is 11.6 Å². The van der Waals surface area contributed by atoms with Crippen molar-refractivity contribution in [3.63, 3.8) is 0 Å². The van der Waals surface area contributed by atoms with Gasteiger partial charge in [-0.25, -0.2) is 9.97 Å². The Hall–Kier alpha value is -2.93. The number of nitrogens with one attached hydrogen (secondary N) is 3. The van der Waals surface area contributed by atoms with E-state index in [9.17, 15) is 4.79 Å². The first-order chi connectivity index (χ1) is 12.1. The van der Waals surface area contributed by atoms with E-state index in [2.05, 4.69) is 30.8 Å². The van der Waals surface area contributed by atoms with Crippen LogP contribution in [-0.2, 0) is 12.8 Å². The summed E-state index contributed by atoms with van der Waals surface area (Å²) in [6, 6.07) is 11.2. The number of benzene rings is 1. The summed E-state index contributed by atoms with van der Waals surface area (Å²) in [6.07, 6.45) is 3.15. The van der Waals surface area contributed by atoms with Crippen molar-refractivity contribution in [3.8, 4) is 0 Å². The highest BCUT2D eigenvalue weighted by Gasteiger charge is 2.06. The lowest BCUT2D eigenvalue weighted by Gasteiger charge is -2.04. The maximum absolute atomic E-state index is 11.7. The number of rotatable bonds is 6. The molecule has 128 valence electrons. The molecule has 0 aliphatic rings. The predicted octanol–water partition coefficient (Wildman–Crippen LogP) is 2.74. The molecule has 7 nitrogen and oxygen atoms in total. The van der Waals surface area contributed by atoms with Gasteiger partial charge in [0.1, 0.15) is 5.82 Å². The highest BCUT2D eigenvalue weighted by atomic mass is 35.5. The van der Waals surface area contributed by atoms with Crippen LogP contribution in [0.25, 0.3) is 0 Å². The lowest BCUT2D eigenvalue weighted by atomic mass is 10.0. The number of aryl methyl sites for hydroxylation is 2. The first-order valence-corrected chi connectivity index (χ1v) is 8.13. The summed E-state index contributed by atoms with van der Waals surface area (Å²) in [5, 5.41) is 13.1. The second-order valence-corrected chi connectivity index (χ2v) is 5.73. The highest BCUT2D eigenvalue weighted by molar-refractivity contribution is 6.28. The van der Waals surface area contributed by atoms with Crippen LogP contribution in [0.15, 0.2) is 42.6 Å². The Morgan fingerprint density at radius 2 is 2.08 bits per heavy atom. The maximum atomic E-state index is 11.7. The minimum atomic E-state index is -0.0848. The van der Waals surface area contributed by atoms with Gasteiger partial charge in [0.2, 0.25) is 5.28 Å².